The van der Waals surface area contributed by atoms with E-state index in [9.17, 15) is 9.59 Å². The van der Waals surface area contributed by atoms with Crippen molar-refractivity contribution >= 4 is 11.9 Å². The number of carbonyl (C=O) groups excluding carboxylic acids is 1. The third kappa shape index (κ3) is 2.98. The van der Waals surface area contributed by atoms with E-state index in [4.69, 9.17) is 9.84 Å². The second kappa shape index (κ2) is 5.16. The Hall–Kier alpha value is -2.04. The molecule has 0 radical (unpaired) electrons. The molecule has 0 amide bonds. The summed E-state index contributed by atoms with van der Waals surface area (Å²) in [5, 5.41) is 8.49. The van der Waals surface area contributed by atoms with Gasteiger partial charge in [-0.15, -0.1) is 0 Å². The van der Waals surface area contributed by atoms with Crippen molar-refractivity contribution in [2.24, 2.45) is 0 Å². The highest BCUT2D eigenvalue weighted by Crippen LogP contribution is 2.21. The number of methoxy groups -OCH3 is 1. The number of aryl methyl sites for hydroxylation is 1. The Morgan fingerprint density at radius 3 is 2.62 bits per heavy atom. The molecular formula is C11H12O5. The van der Waals surface area contributed by atoms with Crippen LogP contribution in [-0.2, 0) is 9.53 Å². The number of rotatable bonds is 4. The first-order valence-electron chi connectivity index (χ1n) is 4.58. The van der Waals surface area contributed by atoms with Crippen LogP contribution in [0.15, 0.2) is 18.2 Å². The molecular weight excluding hydrogens is 212 g/mol. The number of benzene rings is 1. The van der Waals surface area contributed by atoms with Crippen molar-refractivity contribution < 1.29 is 24.2 Å². The van der Waals surface area contributed by atoms with Crippen LogP contribution in [0.2, 0.25) is 0 Å². The maximum absolute atomic E-state index is 11.3. The first-order chi connectivity index (χ1) is 7.54. The highest BCUT2D eigenvalue weighted by Gasteiger charge is 2.13. The SMILES string of the molecule is COC(=O)c1ccc(C)cc1OCC(=O)O. The molecule has 0 aliphatic heterocycles. The van der Waals surface area contributed by atoms with Crippen LogP contribution in [0.1, 0.15) is 15.9 Å². The zero-order valence-electron chi connectivity index (χ0n) is 9.02. The quantitative estimate of drug-likeness (QED) is 0.779. The van der Waals surface area contributed by atoms with Gasteiger partial charge in [-0.05, 0) is 24.6 Å². The molecule has 16 heavy (non-hydrogen) atoms. The van der Waals surface area contributed by atoms with E-state index in [1.54, 1.807) is 18.2 Å². The predicted octanol–water partition coefficient (Wildman–Crippen LogP) is 1.25. The average molecular weight is 224 g/mol. The van der Waals surface area contributed by atoms with E-state index in [0.717, 1.165) is 5.56 Å². The summed E-state index contributed by atoms with van der Waals surface area (Å²) in [6.45, 7) is 1.32. The van der Waals surface area contributed by atoms with Crippen LogP contribution in [0, 0.1) is 6.92 Å². The van der Waals surface area contributed by atoms with E-state index in [0.29, 0.717) is 0 Å². The minimum absolute atomic E-state index is 0.217. The molecule has 5 heteroatoms. The minimum atomic E-state index is -1.10. The van der Waals surface area contributed by atoms with Gasteiger partial charge in [-0.25, -0.2) is 9.59 Å². The topological polar surface area (TPSA) is 72.8 Å². The second-order valence-electron chi connectivity index (χ2n) is 3.17. The van der Waals surface area contributed by atoms with Crippen molar-refractivity contribution in [2.45, 2.75) is 6.92 Å². The molecule has 1 N–H and O–H groups in total. The lowest BCUT2D eigenvalue weighted by molar-refractivity contribution is -0.139. The highest BCUT2D eigenvalue weighted by atomic mass is 16.5. The zero-order valence-corrected chi connectivity index (χ0v) is 9.02. The van der Waals surface area contributed by atoms with Gasteiger partial charge in [0.15, 0.2) is 6.61 Å². The molecule has 0 aromatic heterocycles. The number of esters is 1. The fourth-order valence-electron chi connectivity index (χ4n) is 1.17. The molecule has 0 aliphatic rings. The summed E-state index contributed by atoms with van der Waals surface area (Å²) in [4.78, 5) is 21.7. The molecule has 86 valence electrons. The molecule has 1 aromatic carbocycles. The first kappa shape index (κ1) is 12.0. The number of hydrogen-bond donors (Lipinski definition) is 1. The molecule has 0 unspecified atom stereocenters. The largest absolute Gasteiger partial charge is 0.481 e. The smallest absolute Gasteiger partial charge is 0.341 e. The zero-order chi connectivity index (χ0) is 12.1. The monoisotopic (exact) mass is 224 g/mol. The summed E-state index contributed by atoms with van der Waals surface area (Å²) in [7, 11) is 1.25. The van der Waals surface area contributed by atoms with Gasteiger partial charge in [-0.3, -0.25) is 0 Å². The third-order valence-corrected chi connectivity index (χ3v) is 1.89. The van der Waals surface area contributed by atoms with Gasteiger partial charge in [0.05, 0.1) is 7.11 Å². The van der Waals surface area contributed by atoms with Gasteiger partial charge in [0.25, 0.3) is 0 Å². The van der Waals surface area contributed by atoms with E-state index >= 15 is 0 Å². The van der Waals surface area contributed by atoms with Gasteiger partial charge >= 0.3 is 11.9 Å². The minimum Gasteiger partial charge on any atom is -0.481 e. The predicted molar refractivity (Wildman–Crippen MR) is 55.6 cm³/mol. The number of aliphatic carboxylic acids is 1. The van der Waals surface area contributed by atoms with E-state index in [1.165, 1.54) is 7.11 Å². The molecule has 0 spiro atoms. The highest BCUT2D eigenvalue weighted by molar-refractivity contribution is 5.92. The number of carbonyl (C=O) groups is 2. The average Bonchev–Trinajstić information content (AvgIpc) is 2.25. The van der Waals surface area contributed by atoms with Crippen LogP contribution in [0.3, 0.4) is 0 Å². The van der Waals surface area contributed by atoms with Crippen molar-refractivity contribution in [1.82, 2.24) is 0 Å². The molecule has 0 bridgehead atoms. The summed E-state index contributed by atoms with van der Waals surface area (Å²) in [5.41, 5.74) is 1.09. The van der Waals surface area contributed by atoms with Crippen LogP contribution in [0.25, 0.3) is 0 Å². The number of carboxylic acids is 1. The van der Waals surface area contributed by atoms with E-state index in [1.807, 2.05) is 6.92 Å². The standard InChI is InChI=1S/C11H12O5/c1-7-3-4-8(11(14)15-2)9(5-7)16-6-10(12)13/h3-5H,6H2,1-2H3,(H,12,13). The Labute approximate surface area is 92.6 Å². The maximum Gasteiger partial charge on any atom is 0.341 e. The van der Waals surface area contributed by atoms with Gasteiger partial charge in [-0.1, -0.05) is 6.07 Å². The van der Waals surface area contributed by atoms with E-state index in [2.05, 4.69) is 4.74 Å². The summed E-state index contributed by atoms with van der Waals surface area (Å²) >= 11 is 0. The Bertz CT molecular complexity index is 411. The summed E-state index contributed by atoms with van der Waals surface area (Å²) in [6, 6.07) is 4.85. The Morgan fingerprint density at radius 1 is 1.38 bits per heavy atom. The van der Waals surface area contributed by atoms with Gasteiger partial charge in [0, 0.05) is 0 Å². The van der Waals surface area contributed by atoms with Crippen molar-refractivity contribution in [1.29, 1.82) is 0 Å². The number of carboxylic acid groups (broad SMARTS) is 1. The fourth-order valence-corrected chi connectivity index (χ4v) is 1.17. The van der Waals surface area contributed by atoms with E-state index < -0.39 is 18.5 Å². The van der Waals surface area contributed by atoms with Crippen LogP contribution in [0.5, 0.6) is 5.75 Å². The lowest BCUT2D eigenvalue weighted by atomic mass is 10.1. The molecule has 0 aliphatic carbocycles. The van der Waals surface area contributed by atoms with Gasteiger partial charge in [0.1, 0.15) is 11.3 Å². The van der Waals surface area contributed by atoms with Gasteiger partial charge in [0.2, 0.25) is 0 Å². The lowest BCUT2D eigenvalue weighted by Crippen LogP contribution is -2.12. The molecule has 5 nitrogen and oxygen atoms in total. The summed E-state index contributed by atoms with van der Waals surface area (Å²) < 4.78 is 9.56. The molecule has 0 saturated heterocycles. The molecule has 1 rings (SSSR count). The maximum atomic E-state index is 11.3. The fraction of sp³-hybridized carbons (Fsp3) is 0.273. The molecule has 0 heterocycles. The van der Waals surface area contributed by atoms with Crippen LogP contribution in [-0.4, -0.2) is 30.8 Å². The first-order valence-corrected chi connectivity index (χ1v) is 4.58. The molecule has 0 saturated carbocycles. The van der Waals surface area contributed by atoms with Crippen molar-refractivity contribution in [3.63, 3.8) is 0 Å². The van der Waals surface area contributed by atoms with Crippen LogP contribution in [0.4, 0.5) is 0 Å². The second-order valence-corrected chi connectivity index (χ2v) is 3.17. The Kier molecular flexibility index (Phi) is 3.88. The lowest BCUT2D eigenvalue weighted by Gasteiger charge is -2.09. The van der Waals surface area contributed by atoms with Crippen LogP contribution >= 0.6 is 0 Å². The summed E-state index contributed by atoms with van der Waals surface area (Å²) in [6.07, 6.45) is 0. The Balaban J connectivity index is 2.98. The number of ether oxygens (including phenoxy) is 2. The van der Waals surface area contributed by atoms with Crippen molar-refractivity contribution in [3.05, 3.63) is 29.3 Å². The van der Waals surface area contributed by atoms with E-state index in [-0.39, 0.29) is 11.3 Å². The Morgan fingerprint density at radius 2 is 2.06 bits per heavy atom. The van der Waals surface area contributed by atoms with Crippen molar-refractivity contribution in [2.75, 3.05) is 13.7 Å². The van der Waals surface area contributed by atoms with Crippen molar-refractivity contribution in [3.8, 4) is 5.75 Å². The molecule has 1 aromatic rings. The third-order valence-electron chi connectivity index (χ3n) is 1.89. The van der Waals surface area contributed by atoms with Gasteiger partial charge < -0.3 is 14.6 Å². The number of hydrogen-bond acceptors (Lipinski definition) is 4. The summed E-state index contributed by atoms with van der Waals surface area (Å²) in [5.74, 6) is -1.44. The van der Waals surface area contributed by atoms with Gasteiger partial charge in [-0.2, -0.15) is 0 Å². The normalized spacial score (nSPS) is 9.62. The molecule has 0 fully saturated rings. The molecule has 0 atom stereocenters. The van der Waals surface area contributed by atoms with Crippen LogP contribution < -0.4 is 4.74 Å².